The Morgan fingerprint density at radius 2 is 2.36 bits per heavy atom. The van der Waals surface area contributed by atoms with Crippen molar-refractivity contribution in [2.45, 2.75) is 6.42 Å². The predicted octanol–water partition coefficient (Wildman–Crippen LogP) is 1.38. The van der Waals surface area contributed by atoms with E-state index in [-0.39, 0.29) is 6.42 Å². The zero-order valence-electron chi connectivity index (χ0n) is 5.71. The average Bonchev–Trinajstić information content (AvgIpc) is 1.97. The van der Waals surface area contributed by atoms with Gasteiger partial charge in [0.25, 0.3) is 0 Å². The van der Waals surface area contributed by atoms with Crippen LogP contribution in [0.4, 0.5) is 5.69 Å². The van der Waals surface area contributed by atoms with Crippen molar-refractivity contribution in [1.29, 1.82) is 5.26 Å². The Bertz CT molecular complexity index is 283. The van der Waals surface area contributed by atoms with Crippen LogP contribution in [0.2, 0.25) is 5.02 Å². The number of pyridine rings is 1. The molecule has 1 heterocycles. The van der Waals surface area contributed by atoms with Crippen LogP contribution >= 0.6 is 11.6 Å². The first-order chi connectivity index (χ1) is 5.25. The molecule has 0 unspecified atom stereocenters. The molecule has 1 rings (SSSR count). The molecule has 1 aromatic rings. The Morgan fingerprint density at radius 3 is 2.91 bits per heavy atom. The summed E-state index contributed by atoms with van der Waals surface area (Å²) in [6, 6.07) is 1.97. The van der Waals surface area contributed by atoms with Gasteiger partial charge in [-0.15, -0.1) is 0 Å². The van der Waals surface area contributed by atoms with E-state index in [0.717, 1.165) is 0 Å². The molecule has 1 aromatic heterocycles. The molecular formula is C7H6ClN3. The van der Waals surface area contributed by atoms with Crippen LogP contribution < -0.4 is 5.73 Å². The second-order valence-electron chi connectivity index (χ2n) is 2.02. The summed E-state index contributed by atoms with van der Waals surface area (Å²) in [5.74, 6) is 0. The fourth-order valence-corrected chi connectivity index (χ4v) is 0.975. The zero-order chi connectivity index (χ0) is 8.27. The van der Waals surface area contributed by atoms with Crippen LogP contribution in [0, 0.1) is 11.3 Å². The molecule has 0 saturated heterocycles. The molecule has 0 aromatic carbocycles. The fraction of sp³-hybridized carbons (Fsp3) is 0.143. The second-order valence-corrected chi connectivity index (χ2v) is 2.43. The minimum atomic E-state index is 0.229. The van der Waals surface area contributed by atoms with E-state index in [1.807, 2.05) is 6.07 Å². The number of anilines is 1. The highest BCUT2D eigenvalue weighted by Crippen LogP contribution is 2.20. The zero-order valence-corrected chi connectivity index (χ0v) is 6.47. The van der Waals surface area contributed by atoms with Gasteiger partial charge in [0, 0.05) is 11.8 Å². The van der Waals surface area contributed by atoms with E-state index in [1.165, 1.54) is 12.4 Å². The summed E-state index contributed by atoms with van der Waals surface area (Å²) >= 11 is 5.71. The molecule has 0 amide bonds. The molecule has 4 heteroatoms. The van der Waals surface area contributed by atoms with E-state index in [2.05, 4.69) is 4.98 Å². The Balaban J connectivity index is 3.12. The Kier molecular flexibility index (Phi) is 2.29. The van der Waals surface area contributed by atoms with Crippen LogP contribution in [-0.4, -0.2) is 4.98 Å². The third kappa shape index (κ3) is 1.60. The molecule has 0 atom stereocenters. The number of nitrogens with zero attached hydrogens (tertiary/aromatic N) is 2. The van der Waals surface area contributed by atoms with Gasteiger partial charge in [0.15, 0.2) is 0 Å². The minimum absolute atomic E-state index is 0.229. The normalized spacial score (nSPS) is 9.09. The number of nitriles is 1. The average molecular weight is 168 g/mol. The summed E-state index contributed by atoms with van der Waals surface area (Å²) in [7, 11) is 0. The van der Waals surface area contributed by atoms with Crippen LogP contribution in [0.15, 0.2) is 12.4 Å². The number of hydrogen-bond acceptors (Lipinski definition) is 3. The largest absolute Gasteiger partial charge is 0.397 e. The van der Waals surface area contributed by atoms with Gasteiger partial charge in [-0.25, -0.2) is 0 Å². The lowest BCUT2D eigenvalue weighted by atomic mass is 10.2. The predicted molar refractivity (Wildman–Crippen MR) is 43.0 cm³/mol. The van der Waals surface area contributed by atoms with E-state index in [0.29, 0.717) is 16.3 Å². The van der Waals surface area contributed by atoms with Gasteiger partial charge in [0.1, 0.15) is 0 Å². The smallest absolute Gasteiger partial charge is 0.0671 e. The van der Waals surface area contributed by atoms with Crippen molar-refractivity contribution in [3.05, 3.63) is 23.0 Å². The van der Waals surface area contributed by atoms with Crippen LogP contribution in [0.5, 0.6) is 0 Å². The van der Waals surface area contributed by atoms with E-state index in [1.54, 1.807) is 0 Å². The topological polar surface area (TPSA) is 62.7 Å². The van der Waals surface area contributed by atoms with Crippen molar-refractivity contribution in [1.82, 2.24) is 4.98 Å². The Labute approximate surface area is 69.4 Å². The van der Waals surface area contributed by atoms with Gasteiger partial charge in [-0.05, 0) is 0 Å². The lowest BCUT2D eigenvalue weighted by molar-refractivity contribution is 1.22. The molecule has 0 saturated carbocycles. The molecule has 2 N–H and O–H groups in total. The molecule has 0 bridgehead atoms. The minimum Gasteiger partial charge on any atom is -0.397 e. The third-order valence-electron chi connectivity index (χ3n) is 1.29. The van der Waals surface area contributed by atoms with Crippen molar-refractivity contribution in [3.63, 3.8) is 0 Å². The maximum atomic E-state index is 8.38. The van der Waals surface area contributed by atoms with Crippen LogP contribution in [0.1, 0.15) is 5.56 Å². The Hall–Kier alpha value is -1.27. The highest BCUT2D eigenvalue weighted by atomic mass is 35.5. The van der Waals surface area contributed by atoms with Gasteiger partial charge in [-0.2, -0.15) is 5.26 Å². The van der Waals surface area contributed by atoms with Crippen LogP contribution in [0.25, 0.3) is 0 Å². The second kappa shape index (κ2) is 3.22. The summed E-state index contributed by atoms with van der Waals surface area (Å²) in [4.78, 5) is 3.76. The van der Waals surface area contributed by atoms with E-state index >= 15 is 0 Å². The lowest BCUT2D eigenvalue weighted by Gasteiger charge is -2.00. The van der Waals surface area contributed by atoms with Crippen LogP contribution in [0.3, 0.4) is 0 Å². The standard InChI is InChI=1S/C7H6ClN3/c8-6-3-11-4-7(10)5(6)1-2-9/h3-4H,1,10H2. The summed E-state index contributed by atoms with van der Waals surface area (Å²) in [5.41, 5.74) is 6.64. The van der Waals surface area contributed by atoms with Gasteiger partial charge < -0.3 is 5.73 Å². The number of nitrogens with two attached hydrogens (primary N) is 1. The summed E-state index contributed by atoms with van der Waals surface area (Å²) in [6.07, 6.45) is 3.19. The SMILES string of the molecule is N#CCc1c(N)cncc1Cl. The number of aromatic nitrogens is 1. The molecule has 56 valence electrons. The molecule has 3 nitrogen and oxygen atoms in total. The first-order valence-electron chi connectivity index (χ1n) is 3.00. The lowest BCUT2D eigenvalue weighted by Crippen LogP contribution is -1.95. The van der Waals surface area contributed by atoms with E-state index in [9.17, 15) is 0 Å². The first-order valence-corrected chi connectivity index (χ1v) is 3.38. The molecule has 0 aliphatic heterocycles. The molecule has 11 heavy (non-hydrogen) atoms. The van der Waals surface area contributed by atoms with E-state index in [4.69, 9.17) is 22.6 Å². The van der Waals surface area contributed by atoms with Crippen molar-refractivity contribution in [2.75, 3.05) is 5.73 Å². The van der Waals surface area contributed by atoms with Crippen LogP contribution in [-0.2, 0) is 6.42 Å². The van der Waals surface area contributed by atoms with Crippen molar-refractivity contribution in [3.8, 4) is 6.07 Å². The molecule has 0 aliphatic carbocycles. The highest BCUT2D eigenvalue weighted by molar-refractivity contribution is 6.31. The maximum Gasteiger partial charge on any atom is 0.0671 e. The first kappa shape index (κ1) is 7.83. The van der Waals surface area contributed by atoms with Crippen molar-refractivity contribution in [2.24, 2.45) is 0 Å². The van der Waals surface area contributed by atoms with Gasteiger partial charge in [0.2, 0.25) is 0 Å². The molecule has 0 fully saturated rings. The number of nitrogen functional groups attached to an aromatic ring is 1. The van der Waals surface area contributed by atoms with Gasteiger partial charge in [0.05, 0.1) is 29.4 Å². The third-order valence-corrected chi connectivity index (χ3v) is 1.62. The van der Waals surface area contributed by atoms with E-state index < -0.39 is 0 Å². The quantitative estimate of drug-likeness (QED) is 0.688. The van der Waals surface area contributed by atoms with Crippen molar-refractivity contribution < 1.29 is 0 Å². The highest BCUT2D eigenvalue weighted by Gasteiger charge is 2.02. The maximum absolute atomic E-state index is 8.38. The van der Waals surface area contributed by atoms with Gasteiger partial charge in [-0.1, -0.05) is 11.6 Å². The summed E-state index contributed by atoms with van der Waals surface area (Å²) in [5, 5.41) is 8.83. The number of rotatable bonds is 1. The van der Waals surface area contributed by atoms with Gasteiger partial charge in [-0.3, -0.25) is 4.98 Å². The number of hydrogen-bond donors (Lipinski definition) is 1. The fourth-order valence-electron chi connectivity index (χ4n) is 0.742. The molecule has 0 aliphatic rings. The Morgan fingerprint density at radius 1 is 1.64 bits per heavy atom. The van der Waals surface area contributed by atoms with Gasteiger partial charge >= 0.3 is 0 Å². The summed E-state index contributed by atoms with van der Waals surface area (Å²) in [6.45, 7) is 0. The van der Waals surface area contributed by atoms with Crippen molar-refractivity contribution >= 4 is 17.3 Å². The summed E-state index contributed by atoms with van der Waals surface area (Å²) < 4.78 is 0. The molecular weight excluding hydrogens is 162 g/mol. The molecule has 0 radical (unpaired) electrons. The monoisotopic (exact) mass is 167 g/mol. The molecule has 0 spiro atoms. The number of halogens is 1.